The number of hydrogen-bond donors (Lipinski definition) is 2. The van der Waals surface area contributed by atoms with E-state index in [1.807, 2.05) is 6.92 Å². The number of likely N-dealkylation sites (tertiary alicyclic amines) is 1. The van der Waals surface area contributed by atoms with Gasteiger partial charge in [0.1, 0.15) is 12.4 Å². The molecular weight excluding hydrogens is 364 g/mol. The quantitative estimate of drug-likeness (QED) is 0.374. The molecule has 0 radical (unpaired) electrons. The standard InChI is InChI=1S/C19H32N4O3S/c1-3-20-19(21-11-15-23-13-5-4-6-14-23)22-12-16-26-17-7-9-18(10-8-17)27(2,24)25/h7-10H,3-6,11-16H2,1-2H3,(H2,20,21,22). The molecule has 0 aliphatic carbocycles. The second-order valence-corrected chi connectivity index (χ2v) is 8.70. The van der Waals surface area contributed by atoms with Crippen molar-refractivity contribution in [1.82, 2.24) is 15.5 Å². The SMILES string of the molecule is CCNC(=NCCN1CCCCC1)NCCOc1ccc(S(C)(=O)=O)cc1. The minimum Gasteiger partial charge on any atom is -0.492 e. The van der Waals surface area contributed by atoms with Crippen molar-refractivity contribution in [1.29, 1.82) is 0 Å². The van der Waals surface area contributed by atoms with Gasteiger partial charge in [-0.2, -0.15) is 0 Å². The zero-order valence-electron chi connectivity index (χ0n) is 16.4. The van der Waals surface area contributed by atoms with E-state index in [0.717, 1.165) is 25.6 Å². The lowest BCUT2D eigenvalue weighted by atomic mass is 10.1. The molecule has 8 heteroatoms. The topological polar surface area (TPSA) is 83.0 Å². The van der Waals surface area contributed by atoms with Crippen molar-refractivity contribution in [3.05, 3.63) is 24.3 Å². The van der Waals surface area contributed by atoms with Crippen LogP contribution in [-0.2, 0) is 9.84 Å². The third-order valence-electron chi connectivity index (χ3n) is 4.39. The maximum Gasteiger partial charge on any atom is 0.191 e. The fourth-order valence-electron chi connectivity index (χ4n) is 2.95. The lowest BCUT2D eigenvalue weighted by molar-refractivity contribution is 0.235. The van der Waals surface area contributed by atoms with Crippen molar-refractivity contribution >= 4 is 15.8 Å². The minimum atomic E-state index is -3.17. The summed E-state index contributed by atoms with van der Waals surface area (Å²) in [5, 5.41) is 6.51. The van der Waals surface area contributed by atoms with Crippen molar-refractivity contribution in [2.75, 3.05) is 52.1 Å². The Morgan fingerprint density at radius 2 is 1.85 bits per heavy atom. The van der Waals surface area contributed by atoms with Gasteiger partial charge in [-0.1, -0.05) is 6.42 Å². The van der Waals surface area contributed by atoms with Crippen LogP contribution in [-0.4, -0.2) is 71.4 Å². The molecule has 1 fully saturated rings. The van der Waals surface area contributed by atoms with E-state index in [1.54, 1.807) is 24.3 Å². The van der Waals surface area contributed by atoms with Crippen LogP contribution in [0.2, 0.25) is 0 Å². The fraction of sp³-hybridized carbons (Fsp3) is 0.632. The van der Waals surface area contributed by atoms with Crippen LogP contribution in [0.15, 0.2) is 34.2 Å². The number of sulfone groups is 1. The van der Waals surface area contributed by atoms with Crippen LogP contribution in [0.25, 0.3) is 0 Å². The molecule has 7 nitrogen and oxygen atoms in total. The van der Waals surface area contributed by atoms with Crippen molar-refractivity contribution < 1.29 is 13.2 Å². The van der Waals surface area contributed by atoms with Gasteiger partial charge in [0.05, 0.1) is 18.0 Å². The molecule has 2 rings (SSSR count). The van der Waals surface area contributed by atoms with E-state index in [2.05, 4.69) is 20.5 Å². The predicted molar refractivity (Wildman–Crippen MR) is 109 cm³/mol. The van der Waals surface area contributed by atoms with Gasteiger partial charge in [0.15, 0.2) is 15.8 Å². The highest BCUT2D eigenvalue weighted by molar-refractivity contribution is 7.90. The van der Waals surface area contributed by atoms with Crippen LogP contribution in [0.1, 0.15) is 26.2 Å². The van der Waals surface area contributed by atoms with Gasteiger partial charge in [-0.05, 0) is 57.1 Å². The third kappa shape index (κ3) is 8.17. The highest BCUT2D eigenvalue weighted by Gasteiger charge is 2.09. The predicted octanol–water partition coefficient (Wildman–Crippen LogP) is 1.51. The number of nitrogens with zero attached hydrogens (tertiary/aromatic N) is 2. The second kappa shape index (κ2) is 11.1. The summed E-state index contributed by atoms with van der Waals surface area (Å²) in [5.41, 5.74) is 0. The van der Waals surface area contributed by atoms with Gasteiger partial charge < -0.3 is 20.3 Å². The fourth-order valence-corrected chi connectivity index (χ4v) is 3.58. The summed E-state index contributed by atoms with van der Waals surface area (Å²) in [5.74, 6) is 1.45. The molecule has 1 aliphatic heterocycles. The Morgan fingerprint density at radius 3 is 2.48 bits per heavy atom. The number of piperidine rings is 1. The number of nitrogens with one attached hydrogen (secondary N) is 2. The highest BCUT2D eigenvalue weighted by atomic mass is 32.2. The van der Waals surface area contributed by atoms with Crippen molar-refractivity contribution in [3.8, 4) is 5.75 Å². The molecule has 152 valence electrons. The zero-order valence-corrected chi connectivity index (χ0v) is 17.2. The van der Waals surface area contributed by atoms with E-state index >= 15 is 0 Å². The van der Waals surface area contributed by atoms with Gasteiger partial charge in [-0.3, -0.25) is 4.99 Å². The van der Waals surface area contributed by atoms with E-state index < -0.39 is 9.84 Å². The van der Waals surface area contributed by atoms with Crippen LogP contribution >= 0.6 is 0 Å². The Kier molecular flexibility index (Phi) is 8.87. The molecule has 1 heterocycles. The van der Waals surface area contributed by atoms with Crippen molar-refractivity contribution in [3.63, 3.8) is 0 Å². The molecule has 27 heavy (non-hydrogen) atoms. The Bertz CT molecular complexity index is 683. The average molecular weight is 397 g/mol. The molecule has 0 amide bonds. The molecule has 0 saturated carbocycles. The van der Waals surface area contributed by atoms with E-state index in [4.69, 9.17) is 4.74 Å². The molecule has 2 N–H and O–H groups in total. The van der Waals surface area contributed by atoms with Crippen LogP contribution in [0.3, 0.4) is 0 Å². The van der Waals surface area contributed by atoms with Gasteiger partial charge >= 0.3 is 0 Å². The van der Waals surface area contributed by atoms with Crippen molar-refractivity contribution in [2.45, 2.75) is 31.1 Å². The second-order valence-electron chi connectivity index (χ2n) is 6.68. The first-order valence-electron chi connectivity index (χ1n) is 9.66. The van der Waals surface area contributed by atoms with E-state index in [-0.39, 0.29) is 0 Å². The maximum atomic E-state index is 11.5. The van der Waals surface area contributed by atoms with Gasteiger partial charge in [-0.25, -0.2) is 8.42 Å². The first-order valence-corrected chi connectivity index (χ1v) is 11.6. The maximum absolute atomic E-state index is 11.5. The number of rotatable bonds is 9. The number of benzene rings is 1. The number of guanidine groups is 1. The van der Waals surface area contributed by atoms with Gasteiger partial charge in [0.2, 0.25) is 0 Å². The molecule has 0 unspecified atom stereocenters. The van der Waals surface area contributed by atoms with Gasteiger partial charge in [-0.15, -0.1) is 0 Å². The average Bonchev–Trinajstić information content (AvgIpc) is 2.65. The molecule has 0 spiro atoms. The third-order valence-corrected chi connectivity index (χ3v) is 5.52. The summed E-state index contributed by atoms with van der Waals surface area (Å²) < 4.78 is 28.6. The first-order chi connectivity index (χ1) is 13.0. The summed E-state index contributed by atoms with van der Waals surface area (Å²) in [6.45, 7) is 8.09. The summed E-state index contributed by atoms with van der Waals surface area (Å²) in [7, 11) is -3.17. The van der Waals surface area contributed by atoms with E-state index in [9.17, 15) is 8.42 Å². The molecule has 0 aromatic heterocycles. The molecular formula is C19H32N4O3S. The molecule has 1 aliphatic rings. The van der Waals surface area contributed by atoms with Crippen LogP contribution in [0, 0.1) is 0 Å². The van der Waals surface area contributed by atoms with E-state index in [1.165, 1.54) is 38.6 Å². The Morgan fingerprint density at radius 1 is 1.15 bits per heavy atom. The lowest BCUT2D eigenvalue weighted by Gasteiger charge is -2.25. The summed E-state index contributed by atoms with van der Waals surface area (Å²) in [6, 6.07) is 6.47. The van der Waals surface area contributed by atoms with Crippen LogP contribution in [0.4, 0.5) is 0 Å². The monoisotopic (exact) mass is 396 g/mol. The summed E-state index contributed by atoms with van der Waals surface area (Å²) >= 11 is 0. The normalized spacial score (nSPS) is 16.1. The lowest BCUT2D eigenvalue weighted by Crippen LogP contribution is -2.40. The Labute approximate surface area is 163 Å². The van der Waals surface area contributed by atoms with E-state index in [0.29, 0.717) is 23.8 Å². The molecule has 1 aromatic rings. The van der Waals surface area contributed by atoms with Crippen LogP contribution < -0.4 is 15.4 Å². The number of hydrogen-bond acceptors (Lipinski definition) is 5. The highest BCUT2D eigenvalue weighted by Crippen LogP contribution is 2.15. The minimum absolute atomic E-state index is 0.295. The largest absolute Gasteiger partial charge is 0.492 e. The molecule has 1 saturated heterocycles. The van der Waals surface area contributed by atoms with Crippen molar-refractivity contribution in [2.24, 2.45) is 4.99 Å². The number of aliphatic imine (C=N–C) groups is 1. The molecule has 1 aromatic carbocycles. The van der Waals surface area contributed by atoms with Gasteiger partial charge in [0, 0.05) is 19.3 Å². The zero-order chi connectivity index (χ0) is 19.5. The Hall–Kier alpha value is -1.80. The molecule has 0 bridgehead atoms. The van der Waals surface area contributed by atoms with Gasteiger partial charge in [0.25, 0.3) is 0 Å². The Balaban J connectivity index is 1.71. The summed E-state index contributed by atoms with van der Waals surface area (Å²) in [4.78, 5) is 7.39. The molecule has 0 atom stereocenters. The number of ether oxygens (including phenoxy) is 1. The first kappa shape index (κ1) is 21.5. The summed E-state index contributed by atoms with van der Waals surface area (Å²) in [6.07, 6.45) is 5.13. The van der Waals surface area contributed by atoms with Crippen LogP contribution in [0.5, 0.6) is 5.75 Å². The smallest absolute Gasteiger partial charge is 0.191 e.